The third-order valence-corrected chi connectivity index (χ3v) is 3.64. The molecule has 1 aromatic carbocycles. The molecule has 1 aliphatic rings. The lowest BCUT2D eigenvalue weighted by Crippen LogP contribution is -2.29. The monoisotopic (exact) mass is 306 g/mol. The van der Waals surface area contributed by atoms with E-state index in [1.54, 1.807) is 0 Å². The zero-order chi connectivity index (χ0) is 15.5. The van der Waals surface area contributed by atoms with Crippen LogP contribution in [0.3, 0.4) is 0 Å². The summed E-state index contributed by atoms with van der Waals surface area (Å²) in [6, 6.07) is 3.34. The third-order valence-electron chi connectivity index (χ3n) is 3.64. The van der Waals surface area contributed by atoms with E-state index in [4.69, 9.17) is 0 Å². The van der Waals surface area contributed by atoms with Crippen LogP contribution in [0.4, 0.5) is 8.78 Å². The van der Waals surface area contributed by atoms with Gasteiger partial charge in [0.05, 0.1) is 0 Å². The quantitative estimate of drug-likeness (QED) is 0.797. The molecule has 116 valence electrons. The first kappa shape index (κ1) is 14.6. The average molecular weight is 306 g/mol. The number of fused-ring (bicyclic) bond motifs is 1. The number of amides is 1. The van der Waals surface area contributed by atoms with Gasteiger partial charge in [-0.3, -0.25) is 9.89 Å². The van der Waals surface area contributed by atoms with Gasteiger partial charge in [0.1, 0.15) is 11.6 Å². The normalized spacial score (nSPS) is 13.7. The van der Waals surface area contributed by atoms with Crippen molar-refractivity contribution in [2.75, 3.05) is 13.1 Å². The van der Waals surface area contributed by atoms with Gasteiger partial charge in [0.25, 0.3) is 5.91 Å². The molecular formula is C15H16F2N4O. The summed E-state index contributed by atoms with van der Waals surface area (Å²) in [4.78, 5) is 12.1. The van der Waals surface area contributed by atoms with Gasteiger partial charge in [-0.15, -0.1) is 0 Å². The van der Waals surface area contributed by atoms with Crippen LogP contribution >= 0.6 is 0 Å². The zero-order valence-corrected chi connectivity index (χ0v) is 11.9. The van der Waals surface area contributed by atoms with E-state index in [0.717, 1.165) is 30.3 Å². The Labute approximate surface area is 126 Å². The third kappa shape index (κ3) is 3.14. The maximum atomic E-state index is 13.1. The Balaban J connectivity index is 1.59. The van der Waals surface area contributed by atoms with Gasteiger partial charge in [-0.05, 0) is 24.1 Å². The summed E-state index contributed by atoms with van der Waals surface area (Å²) in [5, 5.41) is 12.9. The van der Waals surface area contributed by atoms with Crippen molar-refractivity contribution in [3.63, 3.8) is 0 Å². The Hall–Kier alpha value is -2.28. The van der Waals surface area contributed by atoms with Crippen molar-refractivity contribution in [2.45, 2.75) is 19.4 Å². The van der Waals surface area contributed by atoms with Crippen molar-refractivity contribution in [3.8, 4) is 0 Å². The highest BCUT2D eigenvalue weighted by molar-refractivity contribution is 5.94. The molecule has 22 heavy (non-hydrogen) atoms. The second-order valence-electron chi connectivity index (χ2n) is 5.24. The molecule has 1 aliphatic heterocycles. The SMILES string of the molecule is O=C(NCCc1cc(F)cc(F)c1)c1n[nH]c2c1CNCC2. The van der Waals surface area contributed by atoms with Crippen molar-refractivity contribution in [1.82, 2.24) is 20.8 Å². The van der Waals surface area contributed by atoms with E-state index in [-0.39, 0.29) is 12.5 Å². The molecule has 2 aromatic rings. The van der Waals surface area contributed by atoms with E-state index in [2.05, 4.69) is 20.8 Å². The second-order valence-corrected chi connectivity index (χ2v) is 5.24. The highest BCUT2D eigenvalue weighted by Gasteiger charge is 2.21. The number of aromatic nitrogens is 2. The molecule has 7 heteroatoms. The van der Waals surface area contributed by atoms with E-state index in [1.807, 2.05) is 0 Å². The molecule has 0 fully saturated rings. The van der Waals surface area contributed by atoms with Crippen molar-refractivity contribution in [1.29, 1.82) is 0 Å². The fourth-order valence-corrected chi connectivity index (χ4v) is 2.57. The molecule has 2 heterocycles. The number of carbonyl (C=O) groups is 1. The lowest BCUT2D eigenvalue weighted by molar-refractivity contribution is 0.0948. The Morgan fingerprint density at radius 1 is 1.27 bits per heavy atom. The standard InChI is InChI=1S/C15H16F2N4O/c16-10-5-9(6-11(17)7-10)1-4-19-15(22)14-12-8-18-3-2-13(12)20-21-14/h5-7,18H,1-4,8H2,(H,19,22)(H,20,21). The van der Waals surface area contributed by atoms with Crippen LogP contribution in [0.5, 0.6) is 0 Å². The van der Waals surface area contributed by atoms with E-state index in [9.17, 15) is 13.6 Å². The number of nitrogens with zero attached hydrogens (tertiary/aromatic N) is 1. The molecule has 1 aromatic heterocycles. The van der Waals surface area contributed by atoms with Crippen molar-refractivity contribution >= 4 is 5.91 Å². The van der Waals surface area contributed by atoms with Crippen LogP contribution in [-0.4, -0.2) is 29.2 Å². The minimum absolute atomic E-state index is 0.280. The Kier molecular flexibility index (Phi) is 4.15. The topological polar surface area (TPSA) is 69.8 Å². The first-order valence-corrected chi connectivity index (χ1v) is 7.13. The van der Waals surface area contributed by atoms with E-state index < -0.39 is 11.6 Å². The average Bonchev–Trinajstić information content (AvgIpc) is 2.90. The maximum absolute atomic E-state index is 13.1. The number of hydrogen-bond donors (Lipinski definition) is 3. The summed E-state index contributed by atoms with van der Waals surface area (Å²) in [5.41, 5.74) is 2.76. The lowest BCUT2D eigenvalue weighted by atomic mass is 10.1. The molecular weight excluding hydrogens is 290 g/mol. The number of rotatable bonds is 4. The summed E-state index contributed by atoms with van der Waals surface area (Å²) in [7, 11) is 0. The molecule has 3 N–H and O–H groups in total. The van der Waals surface area contributed by atoms with Gasteiger partial charge < -0.3 is 10.6 Å². The van der Waals surface area contributed by atoms with Gasteiger partial charge in [-0.25, -0.2) is 8.78 Å². The van der Waals surface area contributed by atoms with E-state index in [1.165, 1.54) is 12.1 Å². The summed E-state index contributed by atoms with van der Waals surface area (Å²) >= 11 is 0. The van der Waals surface area contributed by atoms with Crippen LogP contribution in [0.1, 0.15) is 27.3 Å². The Morgan fingerprint density at radius 3 is 2.82 bits per heavy atom. The minimum Gasteiger partial charge on any atom is -0.350 e. The van der Waals surface area contributed by atoms with Gasteiger partial charge in [0.15, 0.2) is 5.69 Å². The van der Waals surface area contributed by atoms with Gasteiger partial charge in [0, 0.05) is 43.4 Å². The first-order chi connectivity index (χ1) is 10.6. The number of hydrogen-bond acceptors (Lipinski definition) is 3. The van der Waals surface area contributed by atoms with E-state index >= 15 is 0 Å². The largest absolute Gasteiger partial charge is 0.350 e. The van der Waals surface area contributed by atoms with Crippen molar-refractivity contribution in [2.24, 2.45) is 0 Å². The molecule has 0 unspecified atom stereocenters. The maximum Gasteiger partial charge on any atom is 0.272 e. The minimum atomic E-state index is -0.617. The molecule has 1 amide bonds. The summed E-state index contributed by atoms with van der Waals surface area (Å²) < 4.78 is 26.2. The van der Waals surface area contributed by atoms with Crippen LogP contribution in [-0.2, 0) is 19.4 Å². The smallest absolute Gasteiger partial charge is 0.272 e. The zero-order valence-electron chi connectivity index (χ0n) is 11.9. The summed E-state index contributed by atoms with van der Waals surface area (Å²) in [5.74, 6) is -1.51. The predicted octanol–water partition coefficient (Wildman–Crippen LogP) is 1.31. The first-order valence-electron chi connectivity index (χ1n) is 7.13. The van der Waals surface area contributed by atoms with Crippen molar-refractivity contribution in [3.05, 3.63) is 52.3 Å². The van der Waals surface area contributed by atoms with Crippen LogP contribution in [0, 0.1) is 11.6 Å². The van der Waals surface area contributed by atoms with E-state index in [0.29, 0.717) is 24.2 Å². The molecule has 0 radical (unpaired) electrons. The summed E-state index contributed by atoms with van der Waals surface area (Å²) in [6.45, 7) is 1.77. The highest BCUT2D eigenvalue weighted by atomic mass is 19.1. The molecule has 5 nitrogen and oxygen atoms in total. The number of benzene rings is 1. The second kappa shape index (κ2) is 6.23. The number of carbonyl (C=O) groups excluding carboxylic acids is 1. The molecule has 0 saturated heterocycles. The number of aromatic amines is 1. The highest BCUT2D eigenvalue weighted by Crippen LogP contribution is 2.15. The Morgan fingerprint density at radius 2 is 2.05 bits per heavy atom. The molecule has 0 bridgehead atoms. The molecule has 0 aliphatic carbocycles. The Bertz CT molecular complexity index is 679. The van der Waals surface area contributed by atoms with Crippen molar-refractivity contribution < 1.29 is 13.6 Å². The fourth-order valence-electron chi connectivity index (χ4n) is 2.57. The van der Waals surface area contributed by atoms with Crippen LogP contribution in [0.2, 0.25) is 0 Å². The number of H-pyrrole nitrogens is 1. The molecule has 0 saturated carbocycles. The van der Waals surface area contributed by atoms with Gasteiger partial charge in [-0.2, -0.15) is 5.10 Å². The summed E-state index contributed by atoms with van der Waals surface area (Å²) in [6.07, 6.45) is 1.17. The van der Waals surface area contributed by atoms with Gasteiger partial charge >= 0.3 is 0 Å². The number of nitrogens with one attached hydrogen (secondary N) is 3. The fraction of sp³-hybridized carbons (Fsp3) is 0.333. The lowest BCUT2D eigenvalue weighted by Gasteiger charge is -2.12. The van der Waals surface area contributed by atoms with Gasteiger partial charge in [0.2, 0.25) is 0 Å². The van der Waals surface area contributed by atoms with Crippen LogP contribution < -0.4 is 10.6 Å². The molecule has 0 atom stereocenters. The van der Waals surface area contributed by atoms with Crippen LogP contribution in [0.15, 0.2) is 18.2 Å². The number of halogens is 2. The van der Waals surface area contributed by atoms with Crippen LogP contribution in [0.25, 0.3) is 0 Å². The molecule has 0 spiro atoms. The van der Waals surface area contributed by atoms with Gasteiger partial charge in [-0.1, -0.05) is 0 Å². The molecule has 3 rings (SSSR count). The predicted molar refractivity (Wildman–Crippen MR) is 76.4 cm³/mol.